The molecule has 3 nitrogen and oxygen atoms in total. The minimum Gasteiger partial charge on any atom is -0.465 e. The number of benzene rings is 2. The van der Waals surface area contributed by atoms with Crippen LogP contribution < -0.4 is 4.74 Å². The van der Waals surface area contributed by atoms with Gasteiger partial charge in [0, 0.05) is 0 Å². The van der Waals surface area contributed by atoms with Crippen molar-refractivity contribution in [1.82, 2.24) is 0 Å². The van der Waals surface area contributed by atoms with Crippen LogP contribution in [0.5, 0.6) is 11.5 Å². The lowest BCUT2D eigenvalue weighted by atomic mass is 10.2. The Morgan fingerprint density at radius 1 is 1.16 bits per heavy atom. The lowest BCUT2D eigenvalue weighted by molar-refractivity contribution is 0.0600. The van der Waals surface area contributed by atoms with Crippen molar-refractivity contribution in [3.8, 4) is 11.5 Å². The summed E-state index contributed by atoms with van der Waals surface area (Å²) in [6.45, 7) is 0. The van der Waals surface area contributed by atoms with Crippen molar-refractivity contribution in [3.05, 3.63) is 58.9 Å². The maximum Gasteiger partial charge on any atom is 0.337 e. The highest BCUT2D eigenvalue weighted by molar-refractivity contribution is 6.32. The zero-order valence-corrected chi connectivity index (χ0v) is 10.8. The van der Waals surface area contributed by atoms with E-state index in [9.17, 15) is 9.18 Å². The molecule has 0 aliphatic rings. The van der Waals surface area contributed by atoms with Crippen molar-refractivity contribution in [2.45, 2.75) is 0 Å². The number of methoxy groups -OCH3 is 1. The van der Waals surface area contributed by atoms with Crippen LogP contribution in [0.25, 0.3) is 0 Å². The van der Waals surface area contributed by atoms with Crippen molar-refractivity contribution < 1.29 is 18.7 Å². The molecule has 0 atom stereocenters. The third kappa shape index (κ3) is 3.23. The zero-order valence-electron chi connectivity index (χ0n) is 10.0. The van der Waals surface area contributed by atoms with Crippen LogP contribution in [0.2, 0.25) is 5.02 Å². The second-order valence-corrected chi connectivity index (χ2v) is 4.10. The van der Waals surface area contributed by atoms with E-state index in [2.05, 4.69) is 4.74 Å². The van der Waals surface area contributed by atoms with Crippen LogP contribution in [0.4, 0.5) is 4.39 Å². The molecule has 2 aromatic rings. The number of hydrogen-bond donors (Lipinski definition) is 0. The van der Waals surface area contributed by atoms with Gasteiger partial charge in [-0.3, -0.25) is 0 Å². The van der Waals surface area contributed by atoms with Gasteiger partial charge in [0.05, 0.1) is 17.7 Å². The maximum atomic E-state index is 12.8. The fraction of sp³-hybridized carbons (Fsp3) is 0.0714. The van der Waals surface area contributed by atoms with Crippen molar-refractivity contribution in [2.75, 3.05) is 7.11 Å². The molecule has 0 aromatic heterocycles. The molecule has 98 valence electrons. The molecule has 19 heavy (non-hydrogen) atoms. The van der Waals surface area contributed by atoms with Crippen LogP contribution >= 0.6 is 11.6 Å². The van der Waals surface area contributed by atoms with Gasteiger partial charge in [0.2, 0.25) is 0 Å². The van der Waals surface area contributed by atoms with Crippen LogP contribution in [0, 0.1) is 5.82 Å². The molecular formula is C14H10ClFO3. The molecule has 5 heteroatoms. The van der Waals surface area contributed by atoms with E-state index in [1.54, 1.807) is 6.07 Å². The molecule has 0 heterocycles. The monoisotopic (exact) mass is 280 g/mol. The van der Waals surface area contributed by atoms with Gasteiger partial charge in [-0.2, -0.15) is 0 Å². The van der Waals surface area contributed by atoms with Gasteiger partial charge in [0.1, 0.15) is 17.3 Å². The molecule has 0 N–H and O–H groups in total. The van der Waals surface area contributed by atoms with E-state index in [-0.39, 0.29) is 10.8 Å². The Kier molecular flexibility index (Phi) is 4.02. The molecule has 0 amide bonds. The second kappa shape index (κ2) is 5.71. The Labute approximate surface area is 114 Å². The molecular weight excluding hydrogens is 271 g/mol. The Balaban J connectivity index is 2.22. The van der Waals surface area contributed by atoms with Gasteiger partial charge in [-0.05, 0) is 42.5 Å². The lowest BCUT2D eigenvalue weighted by Crippen LogP contribution is -2.00. The van der Waals surface area contributed by atoms with E-state index in [1.807, 2.05) is 0 Å². The first-order valence-electron chi connectivity index (χ1n) is 5.41. The van der Waals surface area contributed by atoms with E-state index < -0.39 is 5.97 Å². The van der Waals surface area contributed by atoms with Gasteiger partial charge in [0.25, 0.3) is 0 Å². The standard InChI is InChI=1S/C14H10ClFO3/c1-18-14(17)9-2-7-13(12(15)8-9)19-11-5-3-10(16)4-6-11/h2-8H,1H3. The Morgan fingerprint density at radius 2 is 1.84 bits per heavy atom. The molecule has 0 fully saturated rings. The fourth-order valence-electron chi connectivity index (χ4n) is 1.46. The SMILES string of the molecule is COC(=O)c1ccc(Oc2ccc(F)cc2)c(Cl)c1. The van der Waals surface area contributed by atoms with Crippen LogP contribution in [-0.2, 0) is 4.74 Å². The predicted octanol–water partition coefficient (Wildman–Crippen LogP) is 4.06. The molecule has 0 spiro atoms. The first-order valence-corrected chi connectivity index (χ1v) is 5.79. The number of ether oxygens (including phenoxy) is 2. The predicted molar refractivity (Wildman–Crippen MR) is 69.3 cm³/mol. The van der Waals surface area contributed by atoms with E-state index in [1.165, 1.54) is 43.5 Å². The van der Waals surface area contributed by atoms with Gasteiger partial charge < -0.3 is 9.47 Å². The summed E-state index contributed by atoms with van der Waals surface area (Å²) in [4.78, 5) is 11.3. The normalized spacial score (nSPS) is 10.1. The number of halogens is 2. The highest BCUT2D eigenvalue weighted by Crippen LogP contribution is 2.30. The summed E-state index contributed by atoms with van der Waals surface area (Å²) in [5.74, 6) is 0.00441. The van der Waals surface area contributed by atoms with Gasteiger partial charge in [-0.1, -0.05) is 11.6 Å². The van der Waals surface area contributed by atoms with E-state index in [0.29, 0.717) is 17.1 Å². The number of rotatable bonds is 3. The minimum atomic E-state index is -0.477. The van der Waals surface area contributed by atoms with Crippen LogP contribution in [0.1, 0.15) is 10.4 Å². The summed E-state index contributed by atoms with van der Waals surface area (Å²) in [6.07, 6.45) is 0. The Morgan fingerprint density at radius 3 is 2.42 bits per heavy atom. The number of carbonyl (C=O) groups is 1. The third-order valence-corrected chi connectivity index (χ3v) is 2.69. The highest BCUT2D eigenvalue weighted by Gasteiger charge is 2.10. The first kappa shape index (κ1) is 13.4. The topological polar surface area (TPSA) is 35.5 Å². The summed E-state index contributed by atoms with van der Waals surface area (Å²) in [5, 5.41) is 0.271. The molecule has 0 aliphatic heterocycles. The van der Waals surface area contributed by atoms with Gasteiger partial charge in [0.15, 0.2) is 0 Å². The quantitative estimate of drug-likeness (QED) is 0.796. The average Bonchev–Trinajstić information content (AvgIpc) is 2.42. The van der Waals surface area contributed by atoms with Crippen molar-refractivity contribution >= 4 is 17.6 Å². The summed E-state index contributed by atoms with van der Waals surface area (Å²) in [5.41, 5.74) is 0.332. The van der Waals surface area contributed by atoms with Crippen molar-refractivity contribution in [2.24, 2.45) is 0 Å². The molecule has 0 bridgehead atoms. The lowest BCUT2D eigenvalue weighted by Gasteiger charge is -2.08. The van der Waals surface area contributed by atoms with E-state index in [4.69, 9.17) is 16.3 Å². The van der Waals surface area contributed by atoms with Gasteiger partial charge in [-0.25, -0.2) is 9.18 Å². The summed E-state index contributed by atoms with van der Waals surface area (Å²) >= 11 is 6.00. The molecule has 0 aliphatic carbocycles. The van der Waals surface area contributed by atoms with E-state index in [0.717, 1.165) is 0 Å². The summed E-state index contributed by atoms with van der Waals surface area (Å²) < 4.78 is 22.8. The fourth-order valence-corrected chi connectivity index (χ4v) is 1.68. The maximum absolute atomic E-state index is 12.8. The zero-order chi connectivity index (χ0) is 13.8. The third-order valence-electron chi connectivity index (χ3n) is 2.39. The second-order valence-electron chi connectivity index (χ2n) is 3.69. The highest BCUT2D eigenvalue weighted by atomic mass is 35.5. The Hall–Kier alpha value is -2.07. The molecule has 0 saturated heterocycles. The van der Waals surface area contributed by atoms with Gasteiger partial charge in [-0.15, -0.1) is 0 Å². The summed E-state index contributed by atoms with van der Waals surface area (Å²) in [7, 11) is 1.29. The molecule has 2 rings (SSSR count). The molecule has 0 radical (unpaired) electrons. The Bertz CT molecular complexity index is 596. The summed E-state index contributed by atoms with van der Waals surface area (Å²) in [6, 6.07) is 10.1. The van der Waals surface area contributed by atoms with Crippen LogP contribution in [0.15, 0.2) is 42.5 Å². The largest absolute Gasteiger partial charge is 0.465 e. The minimum absolute atomic E-state index is 0.271. The van der Waals surface area contributed by atoms with E-state index >= 15 is 0 Å². The smallest absolute Gasteiger partial charge is 0.337 e. The van der Waals surface area contributed by atoms with Crippen LogP contribution in [-0.4, -0.2) is 13.1 Å². The number of esters is 1. The molecule has 0 saturated carbocycles. The molecule has 2 aromatic carbocycles. The van der Waals surface area contributed by atoms with Crippen LogP contribution in [0.3, 0.4) is 0 Å². The number of carbonyl (C=O) groups excluding carboxylic acids is 1. The first-order chi connectivity index (χ1) is 9.10. The molecule has 0 unspecified atom stereocenters. The van der Waals surface area contributed by atoms with Crippen molar-refractivity contribution in [3.63, 3.8) is 0 Å². The van der Waals surface area contributed by atoms with Crippen molar-refractivity contribution in [1.29, 1.82) is 0 Å². The van der Waals surface area contributed by atoms with Gasteiger partial charge >= 0.3 is 5.97 Å². The number of hydrogen-bond acceptors (Lipinski definition) is 3. The average molecular weight is 281 g/mol.